The van der Waals surface area contributed by atoms with E-state index in [0.717, 1.165) is 36.8 Å². The van der Waals surface area contributed by atoms with Crippen molar-refractivity contribution < 1.29 is 0 Å². The van der Waals surface area contributed by atoms with Crippen molar-refractivity contribution in [2.24, 2.45) is 5.73 Å². The fourth-order valence-electron chi connectivity index (χ4n) is 1.85. The molecule has 1 fully saturated rings. The molecular formula is C10H16N4. The van der Waals surface area contributed by atoms with Crippen molar-refractivity contribution in [2.45, 2.75) is 26.3 Å². The van der Waals surface area contributed by atoms with Crippen LogP contribution < -0.4 is 10.6 Å². The van der Waals surface area contributed by atoms with E-state index in [2.05, 4.69) is 14.9 Å². The van der Waals surface area contributed by atoms with Gasteiger partial charge in [-0.15, -0.1) is 0 Å². The lowest BCUT2D eigenvalue weighted by molar-refractivity contribution is 0.751. The molecule has 1 aromatic rings. The van der Waals surface area contributed by atoms with Gasteiger partial charge in [0, 0.05) is 30.9 Å². The number of nitrogens with two attached hydrogens (primary N) is 1. The second kappa shape index (κ2) is 3.53. The number of nitrogens with zero attached hydrogens (tertiary/aromatic N) is 3. The number of anilines is 1. The molecule has 0 radical (unpaired) electrons. The topological polar surface area (TPSA) is 55.0 Å². The molecule has 1 aliphatic rings. The summed E-state index contributed by atoms with van der Waals surface area (Å²) >= 11 is 0. The van der Waals surface area contributed by atoms with E-state index < -0.39 is 0 Å². The molecule has 1 unspecified atom stereocenters. The van der Waals surface area contributed by atoms with Gasteiger partial charge in [-0.3, -0.25) is 0 Å². The van der Waals surface area contributed by atoms with Crippen molar-refractivity contribution >= 4 is 5.82 Å². The van der Waals surface area contributed by atoms with Crippen molar-refractivity contribution in [3.63, 3.8) is 0 Å². The summed E-state index contributed by atoms with van der Waals surface area (Å²) in [6, 6.07) is 2.32. The minimum atomic E-state index is 0.297. The van der Waals surface area contributed by atoms with Crippen LogP contribution in [0.2, 0.25) is 0 Å². The van der Waals surface area contributed by atoms with Gasteiger partial charge in [0.15, 0.2) is 0 Å². The van der Waals surface area contributed by atoms with Gasteiger partial charge in [0.2, 0.25) is 0 Å². The van der Waals surface area contributed by atoms with Crippen molar-refractivity contribution in [1.29, 1.82) is 0 Å². The minimum absolute atomic E-state index is 0.297. The van der Waals surface area contributed by atoms with Gasteiger partial charge in [-0.25, -0.2) is 9.97 Å². The third-order valence-corrected chi connectivity index (χ3v) is 2.50. The molecule has 2 heterocycles. The SMILES string of the molecule is Cc1cc(N2CCC(N)C2)nc(C)n1. The second-order valence-corrected chi connectivity index (χ2v) is 3.91. The van der Waals surface area contributed by atoms with Crippen LogP contribution in [-0.4, -0.2) is 29.1 Å². The third-order valence-electron chi connectivity index (χ3n) is 2.50. The Morgan fingerprint density at radius 1 is 1.43 bits per heavy atom. The normalized spacial score (nSPS) is 21.6. The molecule has 0 bridgehead atoms. The minimum Gasteiger partial charge on any atom is -0.355 e. The molecule has 0 saturated carbocycles. The first kappa shape index (κ1) is 9.40. The molecule has 4 heteroatoms. The van der Waals surface area contributed by atoms with Gasteiger partial charge in [-0.05, 0) is 20.3 Å². The molecule has 1 aliphatic heterocycles. The molecule has 0 aliphatic carbocycles. The Labute approximate surface area is 84.2 Å². The number of aryl methyl sites for hydroxylation is 2. The Balaban J connectivity index is 2.23. The number of hydrogen-bond donors (Lipinski definition) is 1. The van der Waals surface area contributed by atoms with Gasteiger partial charge in [-0.2, -0.15) is 0 Å². The highest BCUT2D eigenvalue weighted by Gasteiger charge is 2.20. The first-order valence-corrected chi connectivity index (χ1v) is 4.98. The lowest BCUT2D eigenvalue weighted by Crippen LogP contribution is -2.27. The van der Waals surface area contributed by atoms with E-state index in [0.29, 0.717) is 6.04 Å². The molecular weight excluding hydrogens is 176 g/mol. The van der Waals surface area contributed by atoms with Crippen molar-refractivity contribution in [3.05, 3.63) is 17.6 Å². The van der Waals surface area contributed by atoms with Crippen molar-refractivity contribution in [2.75, 3.05) is 18.0 Å². The molecule has 1 aromatic heterocycles. The van der Waals surface area contributed by atoms with Gasteiger partial charge >= 0.3 is 0 Å². The van der Waals surface area contributed by atoms with E-state index in [1.54, 1.807) is 0 Å². The smallest absolute Gasteiger partial charge is 0.132 e. The Morgan fingerprint density at radius 2 is 2.21 bits per heavy atom. The summed E-state index contributed by atoms with van der Waals surface area (Å²) in [6.07, 6.45) is 1.06. The van der Waals surface area contributed by atoms with Gasteiger partial charge in [0.1, 0.15) is 11.6 Å². The molecule has 0 aromatic carbocycles. The van der Waals surface area contributed by atoms with E-state index in [4.69, 9.17) is 5.73 Å². The molecule has 1 atom stereocenters. The number of hydrogen-bond acceptors (Lipinski definition) is 4. The van der Waals surface area contributed by atoms with Crippen LogP contribution >= 0.6 is 0 Å². The number of rotatable bonds is 1. The fraction of sp³-hybridized carbons (Fsp3) is 0.600. The van der Waals surface area contributed by atoms with Crippen molar-refractivity contribution in [3.8, 4) is 0 Å². The third kappa shape index (κ3) is 1.85. The van der Waals surface area contributed by atoms with Crippen molar-refractivity contribution in [1.82, 2.24) is 9.97 Å². The lowest BCUT2D eigenvalue weighted by atomic mass is 10.3. The average molecular weight is 192 g/mol. The summed E-state index contributed by atoms with van der Waals surface area (Å²) in [5, 5.41) is 0. The highest BCUT2D eigenvalue weighted by atomic mass is 15.2. The highest BCUT2D eigenvalue weighted by molar-refractivity contribution is 5.41. The first-order chi connectivity index (χ1) is 6.65. The molecule has 2 N–H and O–H groups in total. The van der Waals surface area contributed by atoms with Crippen LogP contribution in [0.25, 0.3) is 0 Å². The quantitative estimate of drug-likeness (QED) is 0.709. The van der Waals surface area contributed by atoms with E-state index in [9.17, 15) is 0 Å². The van der Waals surface area contributed by atoms with Gasteiger partial charge in [-0.1, -0.05) is 0 Å². The zero-order chi connectivity index (χ0) is 10.1. The molecule has 76 valence electrons. The summed E-state index contributed by atoms with van der Waals surface area (Å²) in [5.74, 6) is 1.85. The lowest BCUT2D eigenvalue weighted by Gasteiger charge is -2.17. The van der Waals surface area contributed by atoms with Crippen LogP contribution in [0, 0.1) is 13.8 Å². The maximum Gasteiger partial charge on any atom is 0.132 e. The summed E-state index contributed by atoms with van der Waals surface area (Å²) in [6.45, 7) is 5.84. The van der Waals surface area contributed by atoms with E-state index in [1.165, 1.54) is 0 Å². The summed E-state index contributed by atoms with van der Waals surface area (Å²) in [5.41, 5.74) is 6.87. The molecule has 0 spiro atoms. The fourth-order valence-corrected chi connectivity index (χ4v) is 1.85. The monoisotopic (exact) mass is 192 g/mol. The maximum absolute atomic E-state index is 5.85. The van der Waals surface area contributed by atoms with E-state index >= 15 is 0 Å². The Kier molecular flexibility index (Phi) is 2.37. The van der Waals surface area contributed by atoms with E-state index in [1.807, 2.05) is 19.9 Å². The Morgan fingerprint density at radius 3 is 2.79 bits per heavy atom. The van der Waals surface area contributed by atoms with Crippen LogP contribution in [0.4, 0.5) is 5.82 Å². The maximum atomic E-state index is 5.85. The van der Waals surface area contributed by atoms with Crippen LogP contribution in [0.3, 0.4) is 0 Å². The molecule has 14 heavy (non-hydrogen) atoms. The Bertz CT molecular complexity index is 317. The summed E-state index contributed by atoms with van der Waals surface area (Å²) < 4.78 is 0. The molecule has 2 rings (SSSR count). The highest BCUT2D eigenvalue weighted by Crippen LogP contribution is 2.17. The Hall–Kier alpha value is -1.16. The summed E-state index contributed by atoms with van der Waals surface area (Å²) in [4.78, 5) is 10.9. The first-order valence-electron chi connectivity index (χ1n) is 4.98. The zero-order valence-corrected chi connectivity index (χ0v) is 8.70. The van der Waals surface area contributed by atoms with Crippen LogP contribution in [-0.2, 0) is 0 Å². The molecule has 4 nitrogen and oxygen atoms in total. The van der Waals surface area contributed by atoms with Crippen LogP contribution in [0.15, 0.2) is 6.07 Å². The molecule has 1 saturated heterocycles. The average Bonchev–Trinajstić information content (AvgIpc) is 2.50. The van der Waals surface area contributed by atoms with Gasteiger partial charge in [0.25, 0.3) is 0 Å². The largest absolute Gasteiger partial charge is 0.355 e. The molecule has 0 amide bonds. The standard InChI is InChI=1S/C10H16N4/c1-7-5-10(13-8(2)12-7)14-4-3-9(11)6-14/h5,9H,3-4,6,11H2,1-2H3. The van der Waals surface area contributed by atoms with Gasteiger partial charge in [0.05, 0.1) is 0 Å². The van der Waals surface area contributed by atoms with Gasteiger partial charge < -0.3 is 10.6 Å². The predicted octanol–water partition coefficient (Wildman–Crippen LogP) is 0.631. The number of aromatic nitrogens is 2. The zero-order valence-electron chi connectivity index (χ0n) is 8.70. The summed E-state index contributed by atoms with van der Waals surface area (Å²) in [7, 11) is 0. The second-order valence-electron chi connectivity index (χ2n) is 3.91. The van der Waals surface area contributed by atoms with Crippen LogP contribution in [0.1, 0.15) is 17.9 Å². The predicted molar refractivity (Wildman–Crippen MR) is 56.3 cm³/mol. The van der Waals surface area contributed by atoms with Crippen LogP contribution in [0.5, 0.6) is 0 Å². The van der Waals surface area contributed by atoms with E-state index in [-0.39, 0.29) is 0 Å².